The molecule has 0 rings (SSSR count). The minimum Gasteiger partial charge on any atom is -0.481 e. The Labute approximate surface area is 70.6 Å². The third kappa shape index (κ3) is 43.0. The van der Waals surface area contributed by atoms with Crippen molar-refractivity contribution in [3.8, 4) is 0 Å². The third-order valence-electron chi connectivity index (χ3n) is 0. The molecule has 0 bridgehead atoms. The summed E-state index contributed by atoms with van der Waals surface area (Å²) in [5, 5.41) is 7.31. The fourth-order valence-electron chi connectivity index (χ4n) is 0. The van der Waals surface area contributed by atoms with E-state index in [0.29, 0.717) is 0 Å². The zero-order chi connectivity index (χ0) is 3.58. The second-order valence-electron chi connectivity index (χ2n) is 0.394. The van der Waals surface area contributed by atoms with E-state index in [-0.39, 0.29) is 48.9 Å². The molecule has 0 atom stereocenters. The van der Waals surface area contributed by atoms with E-state index in [1.54, 1.807) is 0 Å². The van der Waals surface area contributed by atoms with Gasteiger partial charge in [-0.3, -0.25) is 4.79 Å². The molecule has 0 saturated carbocycles. The maximum Gasteiger partial charge on any atom is 0.303 e. The third-order valence-corrected chi connectivity index (χ3v) is 0. The van der Waals surface area contributed by atoms with Crippen molar-refractivity contribution < 1.29 is 9.90 Å². The van der Waals surface area contributed by atoms with E-state index in [0.717, 1.165) is 0 Å². The van der Waals surface area contributed by atoms with Gasteiger partial charge in [0.15, 0.2) is 0 Å². The largest absolute Gasteiger partial charge is 0.481 e. The molecule has 0 heterocycles. The molecule has 2 nitrogen and oxygen atoms in total. The van der Waals surface area contributed by atoms with E-state index in [2.05, 4.69) is 6.92 Å². The van der Waals surface area contributed by atoms with Crippen LogP contribution in [-0.2, 0) is 4.79 Å². The van der Waals surface area contributed by atoms with Crippen LogP contribution in [0, 0.1) is 6.92 Å². The van der Waals surface area contributed by atoms with Gasteiger partial charge in [0.2, 0.25) is 0 Å². The number of carboxylic acids is 1. The molecule has 0 saturated heterocycles. The molecule has 0 aromatic heterocycles. The summed E-state index contributed by atoms with van der Waals surface area (Å²) < 4.78 is 0. The maximum atomic E-state index is 8.89. The summed E-state index contributed by atoms with van der Waals surface area (Å²) in [7, 11) is 0. The van der Waals surface area contributed by atoms with Crippen molar-refractivity contribution >= 4 is 54.9 Å². The number of hydrogen-bond donors (Lipinski definition) is 1. The molecule has 0 unspecified atom stereocenters. The van der Waals surface area contributed by atoms with Crippen LogP contribution in [0.2, 0.25) is 0 Å². The van der Waals surface area contributed by atoms with Crippen molar-refractivity contribution in [1.82, 2.24) is 0 Å². The molecule has 1 radical (unpaired) electrons. The van der Waals surface area contributed by atoms with Crippen LogP contribution >= 0.6 is 0 Å². The zero-order valence-electron chi connectivity index (χ0n) is 2.06. The van der Waals surface area contributed by atoms with Gasteiger partial charge in [-0.2, -0.15) is 0 Å². The molecule has 0 spiro atoms. The number of carbonyl (C=O) groups is 1. The summed E-state index contributed by atoms with van der Waals surface area (Å²) in [6, 6.07) is 0. The summed E-state index contributed by atoms with van der Waals surface area (Å²) in [6.07, 6.45) is 0. The summed E-state index contributed by atoms with van der Waals surface area (Å²) >= 11 is 0. The Morgan fingerprint density at radius 1 is 1.80 bits per heavy atom. The molecule has 0 aliphatic carbocycles. The second kappa shape index (κ2) is 5.04. The SMILES string of the molecule is [BaH2].[CH2]C(=O)O. The Hall–Kier alpha value is 1.04. The van der Waals surface area contributed by atoms with Crippen LogP contribution in [0.25, 0.3) is 0 Å². The smallest absolute Gasteiger partial charge is 0.303 e. The predicted octanol–water partition coefficient (Wildman–Crippen LogP) is -1.01. The van der Waals surface area contributed by atoms with Crippen LogP contribution in [0.5, 0.6) is 0 Å². The molecule has 0 fully saturated rings. The maximum absolute atomic E-state index is 8.89. The van der Waals surface area contributed by atoms with Gasteiger partial charge in [-0.25, -0.2) is 0 Å². The Kier molecular flexibility index (Phi) is 9.48. The van der Waals surface area contributed by atoms with Crippen LogP contribution < -0.4 is 0 Å². The summed E-state index contributed by atoms with van der Waals surface area (Å²) in [5.41, 5.74) is 0. The quantitative estimate of drug-likeness (QED) is 0.507. The number of aliphatic carboxylic acids is 1. The minimum absolute atomic E-state index is 0. The Bertz CT molecular complexity index is 30.6. The van der Waals surface area contributed by atoms with Crippen LogP contribution in [0.15, 0.2) is 0 Å². The molecule has 0 aliphatic rings. The topological polar surface area (TPSA) is 37.3 Å². The van der Waals surface area contributed by atoms with Crippen LogP contribution in [-0.4, -0.2) is 60.0 Å². The van der Waals surface area contributed by atoms with E-state index >= 15 is 0 Å². The average molecular weight is 198 g/mol. The van der Waals surface area contributed by atoms with Gasteiger partial charge in [-0.05, 0) is 0 Å². The first kappa shape index (κ1) is 9.40. The second-order valence-corrected chi connectivity index (χ2v) is 0.394. The Balaban J connectivity index is 0. The van der Waals surface area contributed by atoms with E-state index in [9.17, 15) is 0 Å². The van der Waals surface area contributed by atoms with Gasteiger partial charge >= 0.3 is 54.9 Å². The molecule has 1 N–H and O–H groups in total. The molecular weight excluding hydrogens is 193 g/mol. The summed E-state index contributed by atoms with van der Waals surface area (Å²) in [5.74, 6) is -1.08. The van der Waals surface area contributed by atoms with Crippen molar-refractivity contribution in [3.63, 3.8) is 0 Å². The van der Waals surface area contributed by atoms with Gasteiger partial charge < -0.3 is 5.11 Å². The molecule has 0 aliphatic heterocycles. The van der Waals surface area contributed by atoms with Crippen LogP contribution in [0.1, 0.15) is 0 Å². The first-order valence-electron chi connectivity index (χ1n) is 0.781. The number of carboxylic acid groups (broad SMARTS) is 1. The van der Waals surface area contributed by atoms with E-state index in [1.807, 2.05) is 0 Å². The Morgan fingerprint density at radius 3 is 1.80 bits per heavy atom. The number of hydrogen-bond acceptors (Lipinski definition) is 1. The molecule has 5 heavy (non-hydrogen) atoms. The van der Waals surface area contributed by atoms with E-state index < -0.39 is 5.97 Å². The van der Waals surface area contributed by atoms with E-state index in [4.69, 9.17) is 9.90 Å². The van der Waals surface area contributed by atoms with Crippen LogP contribution in [0.4, 0.5) is 0 Å². The van der Waals surface area contributed by atoms with Gasteiger partial charge in [-0.1, -0.05) is 0 Å². The molecular formula is C2H5BaO2. The summed E-state index contributed by atoms with van der Waals surface area (Å²) in [6.45, 7) is 2.56. The first-order chi connectivity index (χ1) is 1.73. The molecule has 0 amide bonds. The fourth-order valence-corrected chi connectivity index (χ4v) is 0. The van der Waals surface area contributed by atoms with Crippen molar-refractivity contribution in [2.24, 2.45) is 0 Å². The van der Waals surface area contributed by atoms with E-state index in [1.165, 1.54) is 0 Å². The zero-order valence-corrected chi connectivity index (χ0v) is 2.06. The van der Waals surface area contributed by atoms with Crippen molar-refractivity contribution in [2.75, 3.05) is 0 Å². The standard InChI is InChI=1S/C2H3O2.Ba.2H/c1-2(3)4;;;/h1H2,(H,3,4);;;. The number of rotatable bonds is 0. The summed E-state index contributed by atoms with van der Waals surface area (Å²) in [4.78, 5) is 8.89. The van der Waals surface area contributed by atoms with Gasteiger partial charge in [0.05, 0.1) is 6.92 Å². The van der Waals surface area contributed by atoms with Gasteiger partial charge in [0.25, 0.3) is 0 Å². The first-order valence-corrected chi connectivity index (χ1v) is 0.781. The molecule has 3 heteroatoms. The predicted molar refractivity (Wildman–Crippen MR) is 21.5 cm³/mol. The molecule has 27 valence electrons. The van der Waals surface area contributed by atoms with Crippen molar-refractivity contribution in [2.45, 2.75) is 0 Å². The van der Waals surface area contributed by atoms with Gasteiger partial charge in [-0.15, -0.1) is 0 Å². The fraction of sp³-hybridized carbons (Fsp3) is 0. The Morgan fingerprint density at radius 2 is 1.80 bits per heavy atom. The average Bonchev–Trinajstić information content (AvgIpc) is 0.811. The van der Waals surface area contributed by atoms with Crippen molar-refractivity contribution in [1.29, 1.82) is 0 Å². The van der Waals surface area contributed by atoms with Gasteiger partial charge in [0, 0.05) is 0 Å². The van der Waals surface area contributed by atoms with Crippen molar-refractivity contribution in [3.05, 3.63) is 6.92 Å². The normalized spacial score (nSPS) is 5.00. The van der Waals surface area contributed by atoms with Gasteiger partial charge in [0.1, 0.15) is 0 Å². The van der Waals surface area contributed by atoms with Crippen LogP contribution in [0.3, 0.4) is 0 Å². The molecule has 0 aromatic rings. The minimum atomic E-state index is -1.08. The monoisotopic (exact) mass is 199 g/mol. The molecule has 0 aromatic carbocycles.